The molecule has 1 rings (SSSR count). The topological polar surface area (TPSA) is 12.0 Å². The molecular formula is C12H12Cl3N. The van der Waals surface area contributed by atoms with E-state index in [4.69, 9.17) is 41.2 Å². The second-order valence-corrected chi connectivity index (χ2v) is 4.70. The van der Waals surface area contributed by atoms with Gasteiger partial charge in [-0.05, 0) is 25.5 Å². The van der Waals surface area contributed by atoms with E-state index in [1.165, 1.54) is 0 Å². The van der Waals surface area contributed by atoms with E-state index in [0.717, 1.165) is 5.56 Å². The quantitative estimate of drug-likeness (QED) is 0.640. The third-order valence-corrected chi connectivity index (χ3v) is 3.59. The number of nitrogens with one attached hydrogen (secondary N) is 1. The Bertz CT molecular complexity index is 423. The first-order valence-corrected chi connectivity index (χ1v) is 5.96. The zero-order valence-corrected chi connectivity index (χ0v) is 11.3. The van der Waals surface area contributed by atoms with Gasteiger partial charge in [0.25, 0.3) is 0 Å². The Morgan fingerprint density at radius 3 is 2.38 bits per heavy atom. The maximum Gasteiger partial charge on any atom is 0.0781 e. The fraction of sp³-hybridized carbons (Fsp3) is 0.333. The molecule has 0 bridgehead atoms. The zero-order chi connectivity index (χ0) is 12.3. The van der Waals surface area contributed by atoms with Crippen molar-refractivity contribution in [1.29, 1.82) is 0 Å². The molecule has 1 aromatic rings. The Hall–Kier alpha value is -0.390. The van der Waals surface area contributed by atoms with Crippen molar-refractivity contribution in [2.24, 2.45) is 0 Å². The van der Waals surface area contributed by atoms with Gasteiger partial charge in [0.15, 0.2) is 0 Å². The van der Waals surface area contributed by atoms with Crippen molar-refractivity contribution in [2.45, 2.75) is 25.9 Å². The molecule has 0 aliphatic carbocycles. The molecule has 2 atom stereocenters. The smallest absolute Gasteiger partial charge is 0.0781 e. The third kappa shape index (κ3) is 3.06. The highest BCUT2D eigenvalue weighted by atomic mass is 35.5. The highest BCUT2D eigenvalue weighted by Crippen LogP contribution is 2.35. The van der Waals surface area contributed by atoms with Gasteiger partial charge < -0.3 is 0 Å². The Labute approximate surface area is 111 Å². The van der Waals surface area contributed by atoms with Crippen LogP contribution in [0.1, 0.15) is 25.5 Å². The van der Waals surface area contributed by atoms with Gasteiger partial charge in [-0.2, -0.15) is 0 Å². The van der Waals surface area contributed by atoms with Crippen LogP contribution in [0.25, 0.3) is 0 Å². The van der Waals surface area contributed by atoms with Gasteiger partial charge in [-0.15, -0.1) is 6.42 Å². The molecule has 0 saturated heterocycles. The van der Waals surface area contributed by atoms with Crippen LogP contribution >= 0.6 is 34.8 Å². The van der Waals surface area contributed by atoms with Gasteiger partial charge in [-0.25, -0.2) is 0 Å². The fourth-order valence-corrected chi connectivity index (χ4v) is 2.09. The van der Waals surface area contributed by atoms with E-state index in [1.54, 1.807) is 6.07 Å². The van der Waals surface area contributed by atoms with Crippen LogP contribution in [0.2, 0.25) is 15.1 Å². The minimum absolute atomic E-state index is 0.0216. The molecule has 86 valence electrons. The molecule has 4 heteroatoms. The average molecular weight is 277 g/mol. The molecule has 0 fully saturated rings. The van der Waals surface area contributed by atoms with Gasteiger partial charge in [0, 0.05) is 6.04 Å². The van der Waals surface area contributed by atoms with E-state index in [0.29, 0.717) is 15.1 Å². The standard InChI is InChI=1S/C12H12Cl3N/c1-4-7(2)16-8(3)9-5-6-10(13)12(15)11(9)14/h1,5-8,16H,2-3H3. The molecule has 0 spiro atoms. The highest BCUT2D eigenvalue weighted by molar-refractivity contribution is 6.48. The monoisotopic (exact) mass is 275 g/mol. The van der Waals surface area contributed by atoms with Gasteiger partial charge >= 0.3 is 0 Å². The van der Waals surface area contributed by atoms with Crippen molar-refractivity contribution in [3.05, 3.63) is 32.8 Å². The normalized spacial score (nSPS) is 14.2. The van der Waals surface area contributed by atoms with Crippen LogP contribution in [-0.2, 0) is 0 Å². The fourth-order valence-electron chi connectivity index (χ4n) is 1.39. The molecule has 1 N–H and O–H groups in total. The third-order valence-electron chi connectivity index (χ3n) is 2.28. The summed E-state index contributed by atoms with van der Waals surface area (Å²) in [6.07, 6.45) is 5.30. The number of hydrogen-bond donors (Lipinski definition) is 1. The summed E-state index contributed by atoms with van der Waals surface area (Å²) in [7, 11) is 0. The maximum atomic E-state index is 6.11. The Balaban J connectivity index is 2.97. The molecule has 16 heavy (non-hydrogen) atoms. The summed E-state index contributed by atoms with van der Waals surface area (Å²) < 4.78 is 0. The van der Waals surface area contributed by atoms with E-state index < -0.39 is 0 Å². The van der Waals surface area contributed by atoms with Crippen LogP contribution in [0.3, 0.4) is 0 Å². The summed E-state index contributed by atoms with van der Waals surface area (Å²) in [6, 6.07) is 3.57. The van der Waals surface area contributed by atoms with E-state index in [9.17, 15) is 0 Å². The predicted molar refractivity (Wildman–Crippen MR) is 71.3 cm³/mol. The minimum Gasteiger partial charge on any atom is -0.297 e. The number of rotatable bonds is 3. The van der Waals surface area contributed by atoms with Gasteiger partial charge in [-0.3, -0.25) is 5.32 Å². The van der Waals surface area contributed by atoms with Crippen LogP contribution in [0.4, 0.5) is 0 Å². The first-order valence-electron chi connectivity index (χ1n) is 4.83. The Kier molecular flexibility index (Phi) is 4.95. The summed E-state index contributed by atoms with van der Waals surface area (Å²) in [5.41, 5.74) is 0.887. The van der Waals surface area contributed by atoms with Crippen LogP contribution < -0.4 is 5.32 Å². The van der Waals surface area contributed by atoms with E-state index >= 15 is 0 Å². The van der Waals surface area contributed by atoms with Crippen molar-refractivity contribution in [3.8, 4) is 12.3 Å². The molecule has 0 saturated carbocycles. The molecule has 0 heterocycles. The number of terminal acetylenes is 1. The number of hydrogen-bond acceptors (Lipinski definition) is 1. The summed E-state index contributed by atoms with van der Waals surface area (Å²) in [5, 5.41) is 4.51. The van der Waals surface area contributed by atoms with Crippen molar-refractivity contribution in [2.75, 3.05) is 0 Å². The number of benzene rings is 1. The predicted octanol–water partition coefficient (Wildman–Crippen LogP) is 4.32. The molecule has 0 amide bonds. The molecule has 1 aromatic carbocycles. The van der Waals surface area contributed by atoms with Gasteiger partial charge in [0.05, 0.1) is 21.1 Å². The van der Waals surface area contributed by atoms with Crippen molar-refractivity contribution >= 4 is 34.8 Å². The average Bonchev–Trinajstić information content (AvgIpc) is 2.25. The van der Waals surface area contributed by atoms with Gasteiger partial charge in [-0.1, -0.05) is 46.8 Å². The molecule has 0 aromatic heterocycles. The van der Waals surface area contributed by atoms with Crippen LogP contribution in [-0.4, -0.2) is 6.04 Å². The van der Waals surface area contributed by atoms with E-state index in [-0.39, 0.29) is 12.1 Å². The number of halogens is 3. The molecular weight excluding hydrogens is 264 g/mol. The Morgan fingerprint density at radius 1 is 1.19 bits per heavy atom. The second-order valence-electron chi connectivity index (χ2n) is 3.54. The molecule has 0 aliphatic rings. The lowest BCUT2D eigenvalue weighted by Gasteiger charge is -2.18. The lowest BCUT2D eigenvalue weighted by Crippen LogP contribution is -2.27. The van der Waals surface area contributed by atoms with Gasteiger partial charge in [0.2, 0.25) is 0 Å². The van der Waals surface area contributed by atoms with E-state index in [2.05, 4.69) is 11.2 Å². The minimum atomic E-state index is -0.0273. The Morgan fingerprint density at radius 2 is 1.81 bits per heavy atom. The van der Waals surface area contributed by atoms with Crippen LogP contribution in [0.5, 0.6) is 0 Å². The summed E-state index contributed by atoms with van der Waals surface area (Å²) in [5.74, 6) is 2.60. The lowest BCUT2D eigenvalue weighted by atomic mass is 10.1. The van der Waals surface area contributed by atoms with Crippen molar-refractivity contribution < 1.29 is 0 Å². The first-order chi connectivity index (χ1) is 7.47. The van der Waals surface area contributed by atoms with Gasteiger partial charge in [0.1, 0.15) is 0 Å². The maximum absolute atomic E-state index is 6.11. The van der Waals surface area contributed by atoms with Crippen molar-refractivity contribution in [1.82, 2.24) is 5.32 Å². The second kappa shape index (κ2) is 5.80. The summed E-state index contributed by atoms with van der Waals surface area (Å²) in [4.78, 5) is 0. The molecule has 1 nitrogen and oxygen atoms in total. The lowest BCUT2D eigenvalue weighted by molar-refractivity contribution is 0.546. The highest BCUT2D eigenvalue weighted by Gasteiger charge is 2.15. The van der Waals surface area contributed by atoms with Crippen molar-refractivity contribution in [3.63, 3.8) is 0 Å². The van der Waals surface area contributed by atoms with Crippen LogP contribution in [0, 0.1) is 12.3 Å². The SMILES string of the molecule is C#CC(C)NC(C)c1ccc(Cl)c(Cl)c1Cl. The molecule has 0 aliphatic heterocycles. The van der Waals surface area contributed by atoms with Crippen LogP contribution in [0.15, 0.2) is 12.1 Å². The largest absolute Gasteiger partial charge is 0.297 e. The summed E-state index contributed by atoms with van der Waals surface area (Å²) in [6.45, 7) is 3.88. The first kappa shape index (κ1) is 13.7. The molecule has 0 radical (unpaired) electrons. The molecule has 2 unspecified atom stereocenters. The van der Waals surface area contributed by atoms with E-state index in [1.807, 2.05) is 19.9 Å². The zero-order valence-electron chi connectivity index (χ0n) is 9.02. The summed E-state index contributed by atoms with van der Waals surface area (Å²) >= 11 is 17.9.